The molecule has 19 heavy (non-hydrogen) atoms. The maximum absolute atomic E-state index is 9.05. The number of rotatable bonds is 6. The van der Waals surface area contributed by atoms with Crippen molar-refractivity contribution in [2.45, 2.75) is 31.7 Å². The molecule has 0 spiro atoms. The second-order valence-corrected chi connectivity index (χ2v) is 5.11. The molecule has 106 valence electrons. The Morgan fingerprint density at radius 2 is 1.89 bits per heavy atom. The van der Waals surface area contributed by atoms with E-state index in [2.05, 4.69) is 17.0 Å². The minimum atomic E-state index is 0.0992. The van der Waals surface area contributed by atoms with Gasteiger partial charge in [-0.3, -0.25) is 4.90 Å². The molecule has 2 rings (SSSR count). The van der Waals surface area contributed by atoms with E-state index in [1.54, 1.807) is 14.2 Å². The molecule has 0 bridgehead atoms. The van der Waals surface area contributed by atoms with Crippen LogP contribution in [-0.4, -0.2) is 49.5 Å². The van der Waals surface area contributed by atoms with Gasteiger partial charge in [0.1, 0.15) is 0 Å². The highest BCUT2D eigenvalue weighted by molar-refractivity contribution is 5.22. The second-order valence-electron chi connectivity index (χ2n) is 5.11. The van der Waals surface area contributed by atoms with Crippen molar-refractivity contribution in [1.29, 1.82) is 0 Å². The lowest BCUT2D eigenvalue weighted by atomic mass is 10.1. The smallest absolute Gasteiger partial charge is 0.0714 e. The molecule has 1 aromatic rings. The Labute approximate surface area is 114 Å². The minimum absolute atomic E-state index is 0.0992. The molecule has 1 N–H and O–H groups in total. The van der Waals surface area contributed by atoms with Crippen LogP contribution in [0.25, 0.3) is 0 Å². The van der Waals surface area contributed by atoms with E-state index in [4.69, 9.17) is 14.6 Å². The van der Waals surface area contributed by atoms with Crippen LogP contribution in [0.2, 0.25) is 0 Å². The normalized spacial score (nSPS) is 23.9. The number of aliphatic hydroxyl groups excluding tert-OH is 1. The van der Waals surface area contributed by atoms with Gasteiger partial charge >= 0.3 is 0 Å². The summed E-state index contributed by atoms with van der Waals surface area (Å²) in [6, 6.07) is 8.53. The molecule has 0 saturated carbocycles. The van der Waals surface area contributed by atoms with Crippen LogP contribution >= 0.6 is 0 Å². The Morgan fingerprint density at radius 3 is 2.47 bits per heavy atom. The standard InChI is InChI=1S/C15H23NO3/c1-18-11-14-7-15(19-2)9-16(14)8-12-3-5-13(10-17)6-4-12/h3-6,14-15,17H,7-11H2,1-2H3/t14-,15-/m0/s1. The van der Waals surface area contributed by atoms with Crippen LogP contribution in [0.1, 0.15) is 17.5 Å². The van der Waals surface area contributed by atoms with Gasteiger partial charge in [-0.1, -0.05) is 24.3 Å². The minimum Gasteiger partial charge on any atom is -0.392 e. The Kier molecular flexibility index (Phi) is 5.34. The van der Waals surface area contributed by atoms with Crippen molar-refractivity contribution in [3.8, 4) is 0 Å². The highest BCUT2D eigenvalue weighted by Gasteiger charge is 2.31. The van der Waals surface area contributed by atoms with Crippen molar-refractivity contribution >= 4 is 0 Å². The number of ether oxygens (including phenoxy) is 2. The molecule has 1 fully saturated rings. The molecular weight excluding hydrogens is 242 g/mol. The Hall–Kier alpha value is -0.940. The number of aliphatic hydroxyl groups is 1. The lowest BCUT2D eigenvalue weighted by Gasteiger charge is -2.23. The molecule has 0 unspecified atom stereocenters. The van der Waals surface area contributed by atoms with Crippen molar-refractivity contribution in [2.24, 2.45) is 0 Å². The SMILES string of the molecule is COC[C@@H]1C[C@H](OC)CN1Cc1ccc(CO)cc1. The summed E-state index contributed by atoms with van der Waals surface area (Å²) in [5.41, 5.74) is 2.21. The molecule has 1 heterocycles. The largest absolute Gasteiger partial charge is 0.392 e. The summed E-state index contributed by atoms with van der Waals surface area (Å²) in [7, 11) is 3.52. The molecular formula is C15H23NO3. The number of benzene rings is 1. The number of likely N-dealkylation sites (tertiary alicyclic amines) is 1. The lowest BCUT2D eigenvalue weighted by Crippen LogP contribution is -2.32. The average molecular weight is 265 g/mol. The zero-order valence-electron chi connectivity index (χ0n) is 11.7. The first kappa shape index (κ1) is 14.5. The van der Waals surface area contributed by atoms with Gasteiger partial charge in [0.15, 0.2) is 0 Å². The topological polar surface area (TPSA) is 41.9 Å². The predicted octanol–water partition coefficient (Wildman–Crippen LogP) is 1.41. The average Bonchev–Trinajstić information content (AvgIpc) is 2.82. The fourth-order valence-electron chi connectivity index (χ4n) is 2.65. The van der Waals surface area contributed by atoms with Gasteiger partial charge in [-0.2, -0.15) is 0 Å². The zero-order valence-corrected chi connectivity index (χ0v) is 11.7. The van der Waals surface area contributed by atoms with Gasteiger partial charge in [-0.05, 0) is 17.5 Å². The van der Waals surface area contributed by atoms with E-state index in [0.717, 1.165) is 31.7 Å². The molecule has 0 radical (unpaired) electrons. The molecule has 0 amide bonds. The Morgan fingerprint density at radius 1 is 1.21 bits per heavy atom. The van der Waals surface area contributed by atoms with E-state index in [0.29, 0.717) is 12.1 Å². The van der Waals surface area contributed by atoms with Gasteiger partial charge in [-0.15, -0.1) is 0 Å². The number of nitrogens with zero attached hydrogens (tertiary/aromatic N) is 1. The summed E-state index contributed by atoms with van der Waals surface area (Å²) in [5, 5.41) is 9.05. The molecule has 1 aliphatic rings. The summed E-state index contributed by atoms with van der Waals surface area (Å²) in [4.78, 5) is 2.41. The first-order valence-electron chi connectivity index (χ1n) is 6.71. The van der Waals surface area contributed by atoms with Crippen molar-refractivity contribution in [1.82, 2.24) is 4.90 Å². The van der Waals surface area contributed by atoms with Crippen LogP contribution in [0.4, 0.5) is 0 Å². The maximum Gasteiger partial charge on any atom is 0.0714 e. The monoisotopic (exact) mass is 265 g/mol. The molecule has 1 aromatic carbocycles. The molecule has 2 atom stereocenters. The van der Waals surface area contributed by atoms with Crippen LogP contribution in [0.3, 0.4) is 0 Å². The summed E-state index contributed by atoms with van der Waals surface area (Å²) < 4.78 is 10.8. The van der Waals surface area contributed by atoms with E-state index in [1.165, 1.54) is 5.56 Å². The van der Waals surface area contributed by atoms with Crippen molar-refractivity contribution in [2.75, 3.05) is 27.4 Å². The molecule has 0 aromatic heterocycles. The van der Waals surface area contributed by atoms with E-state index in [-0.39, 0.29) is 6.61 Å². The van der Waals surface area contributed by atoms with Gasteiger partial charge in [-0.25, -0.2) is 0 Å². The first-order chi connectivity index (χ1) is 9.26. The summed E-state index contributed by atoms with van der Waals surface area (Å²) in [5.74, 6) is 0. The molecule has 4 nitrogen and oxygen atoms in total. The van der Waals surface area contributed by atoms with E-state index < -0.39 is 0 Å². The summed E-state index contributed by atoms with van der Waals surface area (Å²) in [6.45, 7) is 2.70. The zero-order chi connectivity index (χ0) is 13.7. The van der Waals surface area contributed by atoms with Gasteiger partial charge in [0.25, 0.3) is 0 Å². The third kappa shape index (κ3) is 3.76. The number of hydrogen-bond acceptors (Lipinski definition) is 4. The molecule has 1 saturated heterocycles. The molecule has 4 heteroatoms. The number of methoxy groups -OCH3 is 2. The van der Waals surface area contributed by atoms with E-state index in [1.807, 2.05) is 12.1 Å². The van der Waals surface area contributed by atoms with Crippen molar-refractivity contribution < 1.29 is 14.6 Å². The van der Waals surface area contributed by atoms with Crippen LogP contribution in [-0.2, 0) is 22.6 Å². The van der Waals surface area contributed by atoms with Crippen LogP contribution < -0.4 is 0 Å². The Bertz CT molecular complexity index is 379. The van der Waals surface area contributed by atoms with Crippen molar-refractivity contribution in [3.63, 3.8) is 0 Å². The van der Waals surface area contributed by atoms with Crippen LogP contribution in [0.5, 0.6) is 0 Å². The lowest BCUT2D eigenvalue weighted by molar-refractivity contribution is 0.106. The first-order valence-corrected chi connectivity index (χ1v) is 6.71. The van der Waals surface area contributed by atoms with Gasteiger partial charge < -0.3 is 14.6 Å². The van der Waals surface area contributed by atoms with Gasteiger partial charge in [0, 0.05) is 33.4 Å². The summed E-state index contributed by atoms with van der Waals surface area (Å²) >= 11 is 0. The fourth-order valence-corrected chi connectivity index (χ4v) is 2.65. The maximum atomic E-state index is 9.05. The number of hydrogen-bond donors (Lipinski definition) is 1. The highest BCUT2D eigenvalue weighted by atomic mass is 16.5. The quantitative estimate of drug-likeness (QED) is 0.844. The van der Waals surface area contributed by atoms with E-state index >= 15 is 0 Å². The fraction of sp³-hybridized carbons (Fsp3) is 0.600. The highest BCUT2D eigenvalue weighted by Crippen LogP contribution is 2.22. The van der Waals surface area contributed by atoms with Crippen LogP contribution in [0.15, 0.2) is 24.3 Å². The second kappa shape index (κ2) is 7.01. The summed E-state index contributed by atoms with van der Waals surface area (Å²) in [6.07, 6.45) is 1.33. The van der Waals surface area contributed by atoms with Gasteiger partial charge in [0.05, 0.1) is 19.3 Å². The third-order valence-electron chi connectivity index (χ3n) is 3.77. The van der Waals surface area contributed by atoms with Crippen molar-refractivity contribution in [3.05, 3.63) is 35.4 Å². The van der Waals surface area contributed by atoms with E-state index in [9.17, 15) is 0 Å². The van der Waals surface area contributed by atoms with Crippen LogP contribution in [0, 0.1) is 0 Å². The molecule has 0 aliphatic carbocycles. The van der Waals surface area contributed by atoms with Gasteiger partial charge in [0.2, 0.25) is 0 Å². The predicted molar refractivity (Wildman–Crippen MR) is 73.9 cm³/mol. The Balaban J connectivity index is 1.98. The molecule has 1 aliphatic heterocycles. The third-order valence-corrected chi connectivity index (χ3v) is 3.77.